The molecule has 0 radical (unpaired) electrons. The fraction of sp³-hybridized carbons (Fsp3) is 0.500. The summed E-state index contributed by atoms with van der Waals surface area (Å²) in [5, 5.41) is 6.64. The van der Waals surface area contributed by atoms with Crippen molar-refractivity contribution in [3.05, 3.63) is 4.88 Å². The van der Waals surface area contributed by atoms with Gasteiger partial charge in [0.05, 0.1) is 5.54 Å². The minimum Gasteiger partial charge on any atom is -0.382 e. The first-order valence-corrected chi connectivity index (χ1v) is 6.56. The molecule has 0 aliphatic heterocycles. The van der Waals surface area contributed by atoms with Gasteiger partial charge in [-0.25, -0.2) is 4.98 Å². The van der Waals surface area contributed by atoms with Crippen LogP contribution in [-0.2, 0) is 0 Å². The topological polar surface area (TPSA) is 80.0 Å². The second-order valence-corrected chi connectivity index (χ2v) is 5.87. The maximum absolute atomic E-state index is 12.0. The molecule has 96 valence electrons. The van der Waals surface area contributed by atoms with E-state index in [4.69, 9.17) is 12.2 Å². The van der Waals surface area contributed by atoms with Gasteiger partial charge in [-0.05, 0) is 26.7 Å². The summed E-state index contributed by atoms with van der Waals surface area (Å²) in [6.07, 6.45) is 7.62. The number of hydrogen-bond acceptors (Lipinski definition) is 5. The summed E-state index contributed by atoms with van der Waals surface area (Å²) in [5.41, 5.74) is 5.05. The molecule has 5 nitrogen and oxygen atoms in total. The Kier molecular flexibility index (Phi) is 3.18. The standard InChI is InChI=1S/C12H16N4OS/c1-4-12(2,3)16-10(17)8-9(13)15-11(18-8)14-7-5-6-7/h1,7H,5-6,13H2,2-3H3,(H,14,15)(H,16,17). The highest BCUT2D eigenvalue weighted by molar-refractivity contribution is 7.18. The molecular weight excluding hydrogens is 248 g/mol. The zero-order chi connectivity index (χ0) is 13.3. The van der Waals surface area contributed by atoms with E-state index < -0.39 is 5.54 Å². The second-order valence-electron chi connectivity index (χ2n) is 4.88. The third-order valence-corrected chi connectivity index (χ3v) is 3.55. The molecule has 2 rings (SSSR count). The van der Waals surface area contributed by atoms with Crippen LogP contribution in [0.15, 0.2) is 0 Å². The van der Waals surface area contributed by atoms with Gasteiger partial charge in [0.1, 0.15) is 10.7 Å². The number of amides is 1. The number of terminal acetylenes is 1. The Balaban J connectivity index is 2.10. The molecule has 0 unspecified atom stereocenters. The van der Waals surface area contributed by atoms with Crippen LogP contribution in [0.4, 0.5) is 10.9 Å². The van der Waals surface area contributed by atoms with Crippen molar-refractivity contribution in [1.82, 2.24) is 10.3 Å². The minimum absolute atomic E-state index is 0.244. The first-order chi connectivity index (χ1) is 8.41. The maximum Gasteiger partial charge on any atom is 0.266 e. The number of rotatable bonds is 4. The predicted molar refractivity (Wildman–Crippen MR) is 73.5 cm³/mol. The van der Waals surface area contributed by atoms with Crippen LogP contribution in [-0.4, -0.2) is 22.5 Å². The smallest absolute Gasteiger partial charge is 0.266 e. The molecule has 1 aromatic heterocycles. The van der Waals surface area contributed by atoms with E-state index in [0.29, 0.717) is 16.1 Å². The number of carbonyl (C=O) groups is 1. The molecule has 18 heavy (non-hydrogen) atoms. The van der Waals surface area contributed by atoms with Crippen LogP contribution in [0.1, 0.15) is 36.4 Å². The number of carbonyl (C=O) groups excluding carboxylic acids is 1. The molecule has 0 saturated heterocycles. The van der Waals surface area contributed by atoms with Crippen LogP contribution in [0.5, 0.6) is 0 Å². The van der Waals surface area contributed by atoms with Gasteiger partial charge in [-0.1, -0.05) is 17.3 Å². The number of thiazole rings is 1. The van der Waals surface area contributed by atoms with Crippen molar-refractivity contribution < 1.29 is 4.79 Å². The van der Waals surface area contributed by atoms with Crippen molar-refractivity contribution >= 4 is 28.2 Å². The number of nitrogens with one attached hydrogen (secondary N) is 2. The van der Waals surface area contributed by atoms with Gasteiger partial charge in [0.2, 0.25) is 0 Å². The van der Waals surface area contributed by atoms with Crippen molar-refractivity contribution in [3.8, 4) is 12.3 Å². The van der Waals surface area contributed by atoms with Crippen LogP contribution in [0.25, 0.3) is 0 Å². The molecule has 4 N–H and O–H groups in total. The SMILES string of the molecule is C#CC(C)(C)NC(=O)c1sc(NC2CC2)nc1N. The van der Waals surface area contributed by atoms with Crippen molar-refractivity contribution in [2.75, 3.05) is 11.1 Å². The van der Waals surface area contributed by atoms with E-state index in [-0.39, 0.29) is 11.7 Å². The minimum atomic E-state index is -0.697. The third kappa shape index (κ3) is 2.93. The van der Waals surface area contributed by atoms with Gasteiger partial charge in [-0.3, -0.25) is 4.79 Å². The molecule has 0 atom stereocenters. The Labute approximate surface area is 110 Å². The van der Waals surface area contributed by atoms with Crippen LogP contribution in [0, 0.1) is 12.3 Å². The van der Waals surface area contributed by atoms with E-state index in [0.717, 1.165) is 12.8 Å². The number of anilines is 2. The summed E-state index contributed by atoms with van der Waals surface area (Å²) in [6.45, 7) is 3.51. The zero-order valence-corrected chi connectivity index (χ0v) is 11.2. The summed E-state index contributed by atoms with van der Waals surface area (Å²) in [4.78, 5) is 16.6. The molecule has 0 aromatic carbocycles. The van der Waals surface area contributed by atoms with Crippen LogP contribution >= 0.6 is 11.3 Å². The fourth-order valence-electron chi connectivity index (χ4n) is 1.34. The predicted octanol–water partition coefficient (Wildman–Crippen LogP) is 1.44. The molecule has 1 aliphatic carbocycles. The molecular formula is C12H16N4OS. The van der Waals surface area contributed by atoms with Crippen molar-refractivity contribution in [2.24, 2.45) is 0 Å². The first-order valence-electron chi connectivity index (χ1n) is 5.74. The van der Waals surface area contributed by atoms with Crippen molar-refractivity contribution in [3.63, 3.8) is 0 Å². The van der Waals surface area contributed by atoms with E-state index in [1.165, 1.54) is 11.3 Å². The second kappa shape index (κ2) is 4.50. The Morgan fingerprint density at radius 2 is 2.28 bits per heavy atom. The zero-order valence-electron chi connectivity index (χ0n) is 10.4. The number of nitrogen functional groups attached to an aromatic ring is 1. The quantitative estimate of drug-likeness (QED) is 0.719. The van der Waals surface area contributed by atoms with E-state index >= 15 is 0 Å². The lowest BCUT2D eigenvalue weighted by Crippen LogP contribution is -2.41. The molecule has 1 amide bonds. The lowest BCUT2D eigenvalue weighted by atomic mass is 10.1. The van der Waals surface area contributed by atoms with E-state index in [1.54, 1.807) is 13.8 Å². The first kappa shape index (κ1) is 12.7. The maximum atomic E-state index is 12.0. The largest absolute Gasteiger partial charge is 0.382 e. The van der Waals surface area contributed by atoms with E-state index in [9.17, 15) is 4.79 Å². The monoisotopic (exact) mass is 264 g/mol. The molecule has 0 spiro atoms. The summed E-state index contributed by atoms with van der Waals surface area (Å²) in [7, 11) is 0. The molecule has 1 heterocycles. The van der Waals surface area contributed by atoms with Crippen molar-refractivity contribution in [2.45, 2.75) is 38.3 Å². The summed E-state index contributed by atoms with van der Waals surface area (Å²) in [6, 6.07) is 0.480. The highest BCUT2D eigenvalue weighted by Crippen LogP contribution is 2.30. The number of nitrogens with zero attached hydrogens (tertiary/aromatic N) is 1. The Morgan fingerprint density at radius 1 is 1.61 bits per heavy atom. The van der Waals surface area contributed by atoms with Gasteiger partial charge in [0, 0.05) is 6.04 Å². The highest BCUT2D eigenvalue weighted by Gasteiger charge is 2.25. The summed E-state index contributed by atoms with van der Waals surface area (Å²) < 4.78 is 0. The van der Waals surface area contributed by atoms with Gasteiger partial charge in [0.25, 0.3) is 5.91 Å². The van der Waals surface area contributed by atoms with E-state index in [2.05, 4.69) is 21.5 Å². The molecule has 1 saturated carbocycles. The van der Waals surface area contributed by atoms with Gasteiger partial charge in [0.15, 0.2) is 5.13 Å². The van der Waals surface area contributed by atoms with Gasteiger partial charge in [-0.15, -0.1) is 6.42 Å². The fourth-order valence-corrected chi connectivity index (χ4v) is 2.19. The van der Waals surface area contributed by atoms with Crippen LogP contribution < -0.4 is 16.4 Å². The molecule has 6 heteroatoms. The third-order valence-electron chi connectivity index (χ3n) is 2.55. The summed E-state index contributed by atoms with van der Waals surface area (Å²) in [5.74, 6) is 2.47. The lowest BCUT2D eigenvalue weighted by molar-refractivity contribution is 0.0934. The number of nitrogens with two attached hydrogens (primary N) is 1. The van der Waals surface area contributed by atoms with Gasteiger partial charge < -0.3 is 16.4 Å². The summed E-state index contributed by atoms with van der Waals surface area (Å²) >= 11 is 1.26. The molecule has 1 aromatic rings. The normalized spacial score (nSPS) is 14.9. The highest BCUT2D eigenvalue weighted by atomic mass is 32.1. The Hall–Kier alpha value is -1.74. The van der Waals surface area contributed by atoms with Crippen LogP contribution in [0.3, 0.4) is 0 Å². The number of aromatic nitrogens is 1. The molecule has 0 bridgehead atoms. The lowest BCUT2D eigenvalue weighted by Gasteiger charge is -2.18. The van der Waals surface area contributed by atoms with Crippen molar-refractivity contribution in [1.29, 1.82) is 0 Å². The average molecular weight is 264 g/mol. The molecule has 1 fully saturated rings. The molecule has 1 aliphatic rings. The Morgan fingerprint density at radius 3 is 2.83 bits per heavy atom. The van der Waals surface area contributed by atoms with Crippen LogP contribution in [0.2, 0.25) is 0 Å². The van der Waals surface area contributed by atoms with Gasteiger partial charge >= 0.3 is 0 Å². The van der Waals surface area contributed by atoms with Gasteiger partial charge in [-0.2, -0.15) is 0 Å². The number of hydrogen-bond donors (Lipinski definition) is 3. The average Bonchev–Trinajstić information content (AvgIpc) is 3.01. The van der Waals surface area contributed by atoms with E-state index in [1.807, 2.05) is 0 Å². The Bertz CT molecular complexity index is 511.